The normalized spacial score (nSPS) is 12.7. The van der Waals surface area contributed by atoms with Crippen molar-refractivity contribution < 1.29 is 9.13 Å². The second-order valence-corrected chi connectivity index (χ2v) is 18.1. The van der Waals surface area contributed by atoms with E-state index in [2.05, 4.69) is 183 Å². The number of ether oxygens (including phenoxy) is 1. The summed E-state index contributed by atoms with van der Waals surface area (Å²) in [5, 5.41) is 1.74. The fourth-order valence-electron chi connectivity index (χ4n) is 8.49. The van der Waals surface area contributed by atoms with Gasteiger partial charge in [-0.1, -0.05) is 114 Å². The van der Waals surface area contributed by atoms with E-state index in [1.54, 1.807) is 6.07 Å². The van der Waals surface area contributed by atoms with Gasteiger partial charge in [-0.25, -0.2) is 9.37 Å². The van der Waals surface area contributed by atoms with Gasteiger partial charge >= 0.3 is 11.7 Å². The SMILES string of the molecule is CC(C)(C)c1cccc([N+]2=C=[N+](c3cccc(Oc4ccc5c6cc(F)ccc6n(-c6cc(C(C)(C)C)ccn6)c5c4)c3)c3cccc(-c4cccc(-c5ccccc5)c4)c32)c1. The van der Waals surface area contributed by atoms with E-state index >= 15 is 0 Å². The van der Waals surface area contributed by atoms with Gasteiger partial charge in [0.15, 0.2) is 0 Å². The first-order valence-electron chi connectivity index (χ1n) is 21.1. The standard InChI is InChI=1S/C56H47FN4O/c1-55(2,3)40-18-11-19-43(31-40)60-36-59(51-23-13-22-47(54(51)60)39-17-10-16-38(30-39)37-14-8-7-9-15-37)44-20-12-21-45(34-44)62-46-25-26-48-49-33-42(57)24-27-50(49)61(52(48)35-46)53-32-41(28-29-58-53)56(4,5)6/h7-35H,1-6H3/q+2. The fraction of sp³-hybridized carbons (Fsp3) is 0.143. The van der Waals surface area contributed by atoms with Crippen LogP contribution in [0, 0.1) is 5.82 Å². The van der Waals surface area contributed by atoms with Crippen molar-refractivity contribution in [3.05, 3.63) is 193 Å². The topological polar surface area (TPSA) is 33.1 Å². The van der Waals surface area contributed by atoms with Crippen molar-refractivity contribution in [2.75, 3.05) is 0 Å². The van der Waals surface area contributed by atoms with Gasteiger partial charge in [0.1, 0.15) is 23.1 Å². The summed E-state index contributed by atoms with van der Waals surface area (Å²) in [5.74, 6) is 1.81. The van der Waals surface area contributed by atoms with Crippen LogP contribution in [0.25, 0.3) is 49.9 Å². The van der Waals surface area contributed by atoms with E-state index < -0.39 is 0 Å². The summed E-state index contributed by atoms with van der Waals surface area (Å²) in [6.45, 7) is 13.3. The highest BCUT2D eigenvalue weighted by molar-refractivity contribution is 6.09. The number of fused-ring (bicyclic) bond motifs is 4. The molecule has 0 amide bonds. The van der Waals surface area contributed by atoms with Crippen molar-refractivity contribution in [2.45, 2.75) is 52.4 Å². The molecule has 9 aromatic rings. The highest BCUT2D eigenvalue weighted by Crippen LogP contribution is 2.45. The first-order chi connectivity index (χ1) is 29.9. The Morgan fingerprint density at radius 1 is 0.532 bits per heavy atom. The maximum absolute atomic E-state index is 14.7. The van der Waals surface area contributed by atoms with Crippen LogP contribution in [0.4, 0.5) is 27.1 Å². The Morgan fingerprint density at radius 2 is 1.23 bits per heavy atom. The van der Waals surface area contributed by atoms with E-state index in [1.165, 1.54) is 17.2 Å². The molecule has 5 nitrogen and oxygen atoms in total. The highest BCUT2D eigenvalue weighted by Gasteiger charge is 2.40. The van der Waals surface area contributed by atoms with Gasteiger partial charge < -0.3 is 4.74 Å². The number of hydrogen-bond donors (Lipinski definition) is 0. The molecule has 0 saturated carbocycles. The van der Waals surface area contributed by atoms with Crippen molar-refractivity contribution >= 4 is 50.6 Å². The third-order valence-corrected chi connectivity index (χ3v) is 11.8. The molecule has 1 aliphatic rings. The molecular formula is C56H47FN4O+2. The van der Waals surface area contributed by atoms with Crippen molar-refractivity contribution in [1.29, 1.82) is 0 Å². The molecule has 0 N–H and O–H groups in total. The molecule has 3 heterocycles. The van der Waals surface area contributed by atoms with E-state index in [0.29, 0.717) is 11.5 Å². The fourth-order valence-corrected chi connectivity index (χ4v) is 8.49. The molecule has 0 unspecified atom stereocenters. The molecule has 0 aliphatic carbocycles. The lowest BCUT2D eigenvalue weighted by Gasteiger charge is -2.20. The molecule has 0 spiro atoms. The van der Waals surface area contributed by atoms with E-state index in [4.69, 9.17) is 9.72 Å². The first-order valence-corrected chi connectivity index (χ1v) is 21.1. The summed E-state index contributed by atoms with van der Waals surface area (Å²) in [5.41, 5.74) is 12.6. The lowest BCUT2D eigenvalue weighted by atomic mass is 9.87. The third kappa shape index (κ3) is 7.08. The molecule has 62 heavy (non-hydrogen) atoms. The van der Waals surface area contributed by atoms with Crippen LogP contribution in [0.5, 0.6) is 11.5 Å². The Bertz CT molecular complexity index is 3290. The number of aromatic nitrogens is 2. The molecule has 7 aromatic carbocycles. The number of pyridine rings is 1. The van der Waals surface area contributed by atoms with Gasteiger partial charge in [-0.15, -0.1) is 0 Å². The molecule has 0 saturated heterocycles. The summed E-state index contributed by atoms with van der Waals surface area (Å²) in [7, 11) is 0. The summed E-state index contributed by atoms with van der Waals surface area (Å²) in [6.07, 6.45) is 1.85. The molecule has 0 bridgehead atoms. The van der Waals surface area contributed by atoms with Crippen LogP contribution in [0.2, 0.25) is 0 Å². The van der Waals surface area contributed by atoms with Gasteiger partial charge in [0.25, 0.3) is 5.69 Å². The number of hydrogen-bond acceptors (Lipinski definition) is 2. The second-order valence-electron chi connectivity index (χ2n) is 18.1. The number of para-hydroxylation sites is 1. The zero-order valence-electron chi connectivity index (χ0n) is 35.8. The molecule has 0 fully saturated rings. The lowest BCUT2D eigenvalue weighted by Crippen LogP contribution is -2.12. The van der Waals surface area contributed by atoms with Gasteiger partial charge in [0.2, 0.25) is 11.4 Å². The smallest absolute Gasteiger partial charge is 0.457 e. The molecule has 6 heteroatoms. The van der Waals surface area contributed by atoms with E-state index in [9.17, 15) is 4.39 Å². The van der Waals surface area contributed by atoms with Gasteiger partial charge in [0, 0.05) is 47.3 Å². The van der Waals surface area contributed by atoms with E-state index in [0.717, 1.165) is 72.6 Å². The van der Waals surface area contributed by atoms with Crippen molar-refractivity contribution in [3.8, 4) is 39.6 Å². The van der Waals surface area contributed by atoms with E-state index in [1.807, 2.05) is 42.6 Å². The minimum atomic E-state index is -0.282. The number of halogens is 1. The Balaban J connectivity index is 1.08. The van der Waals surface area contributed by atoms with Crippen LogP contribution in [0.15, 0.2) is 176 Å². The Kier molecular flexibility index (Phi) is 9.35. The Labute approximate surface area is 362 Å². The van der Waals surface area contributed by atoms with E-state index in [-0.39, 0.29) is 16.6 Å². The van der Waals surface area contributed by atoms with Crippen molar-refractivity contribution in [1.82, 2.24) is 18.7 Å². The quantitative estimate of drug-likeness (QED) is 0.150. The first kappa shape index (κ1) is 38.8. The van der Waals surface area contributed by atoms with Crippen molar-refractivity contribution in [3.63, 3.8) is 0 Å². The Morgan fingerprint density at radius 3 is 2.03 bits per heavy atom. The van der Waals surface area contributed by atoms with Gasteiger partial charge in [0.05, 0.1) is 22.7 Å². The van der Waals surface area contributed by atoms with Gasteiger partial charge in [-0.3, -0.25) is 4.57 Å². The molecule has 1 aliphatic heterocycles. The summed E-state index contributed by atoms with van der Waals surface area (Å²) in [6, 6.07) is 61.5. The van der Waals surface area contributed by atoms with Crippen molar-refractivity contribution in [2.24, 2.45) is 0 Å². The monoisotopic (exact) mass is 810 g/mol. The van der Waals surface area contributed by atoms with Crippen LogP contribution in [0.1, 0.15) is 52.7 Å². The minimum absolute atomic E-state index is 0.0337. The summed E-state index contributed by atoms with van der Waals surface area (Å²) >= 11 is 0. The number of benzene rings is 7. The second kappa shape index (κ2) is 14.9. The zero-order chi connectivity index (χ0) is 42.8. The molecule has 0 radical (unpaired) electrons. The van der Waals surface area contributed by atoms with Crippen LogP contribution in [-0.2, 0) is 10.8 Å². The molecule has 2 aromatic heterocycles. The number of rotatable bonds is 7. The predicted octanol–water partition coefficient (Wildman–Crippen LogP) is 14.9. The van der Waals surface area contributed by atoms with Gasteiger partial charge in [-0.2, -0.15) is 0 Å². The Hall–Kier alpha value is -7.40. The maximum Gasteiger partial charge on any atom is 0.503 e. The minimum Gasteiger partial charge on any atom is -0.457 e. The molecule has 302 valence electrons. The zero-order valence-corrected chi connectivity index (χ0v) is 35.8. The van der Waals surface area contributed by atoms with Crippen LogP contribution < -0.4 is 13.9 Å². The highest BCUT2D eigenvalue weighted by atomic mass is 19.1. The summed E-state index contributed by atoms with van der Waals surface area (Å²) in [4.78, 5) is 4.81. The number of nitrogens with zero attached hydrogens (tertiary/aromatic N) is 4. The van der Waals surface area contributed by atoms with Crippen LogP contribution in [0.3, 0.4) is 0 Å². The maximum atomic E-state index is 14.7. The van der Waals surface area contributed by atoms with Gasteiger partial charge in [-0.05, 0) is 108 Å². The van der Waals surface area contributed by atoms with Crippen LogP contribution >= 0.6 is 0 Å². The predicted molar refractivity (Wildman–Crippen MR) is 254 cm³/mol. The average Bonchev–Trinajstić information content (AvgIpc) is 3.82. The van der Waals surface area contributed by atoms with Crippen LogP contribution in [-0.4, -0.2) is 15.6 Å². The molecule has 0 atom stereocenters. The largest absolute Gasteiger partial charge is 0.503 e. The average molecular weight is 811 g/mol. The molecule has 10 rings (SSSR count). The summed E-state index contributed by atoms with van der Waals surface area (Å²) < 4.78 is 27.9. The lowest BCUT2D eigenvalue weighted by molar-refractivity contribution is 0.483. The molecular weight excluding hydrogens is 764 g/mol. The third-order valence-electron chi connectivity index (χ3n) is 11.8.